The van der Waals surface area contributed by atoms with Crippen molar-refractivity contribution in [2.24, 2.45) is 0 Å². The summed E-state index contributed by atoms with van der Waals surface area (Å²) in [4.78, 5) is 20.8. The lowest BCUT2D eigenvalue weighted by molar-refractivity contribution is 0.768. The average molecular weight is 917 g/mol. The Morgan fingerprint density at radius 1 is 0.250 bits per heavy atom. The Morgan fingerprint density at radius 2 is 0.542 bits per heavy atom. The summed E-state index contributed by atoms with van der Waals surface area (Å²) in [5, 5.41) is 0. The van der Waals surface area contributed by atoms with Gasteiger partial charge in [-0.25, -0.2) is 9.97 Å². The number of aromatic nitrogens is 4. The molecule has 4 heteroatoms. The lowest BCUT2D eigenvalue weighted by atomic mass is 9.67. The summed E-state index contributed by atoms with van der Waals surface area (Å²) in [5.74, 6) is 0. The van der Waals surface area contributed by atoms with Crippen LogP contribution in [-0.4, -0.2) is 19.9 Å². The lowest BCUT2D eigenvalue weighted by Crippen LogP contribution is -2.28. The Kier molecular flexibility index (Phi) is 9.62. The van der Waals surface area contributed by atoms with E-state index in [9.17, 15) is 0 Å². The fraction of sp³-hybridized carbons (Fsp3) is 0.0294. The van der Waals surface area contributed by atoms with Crippen molar-refractivity contribution in [2.75, 3.05) is 0 Å². The minimum atomic E-state index is -0.656. The highest BCUT2D eigenvalue weighted by Crippen LogP contribution is 2.59. The van der Waals surface area contributed by atoms with Crippen LogP contribution in [0.3, 0.4) is 0 Å². The van der Waals surface area contributed by atoms with Crippen LogP contribution >= 0.6 is 0 Å². The van der Waals surface area contributed by atoms with Crippen molar-refractivity contribution in [1.82, 2.24) is 19.9 Å². The molecule has 0 bridgehead atoms. The molecule has 9 aromatic carbocycles. The topological polar surface area (TPSA) is 51.6 Å². The zero-order valence-electron chi connectivity index (χ0n) is 39.2. The van der Waals surface area contributed by atoms with Crippen molar-refractivity contribution >= 4 is 11.0 Å². The van der Waals surface area contributed by atoms with Crippen molar-refractivity contribution in [3.63, 3.8) is 0 Å². The summed E-state index contributed by atoms with van der Waals surface area (Å²) in [6, 6.07) is 92.1. The van der Waals surface area contributed by atoms with Crippen LogP contribution in [0.15, 0.2) is 267 Å². The van der Waals surface area contributed by atoms with Crippen molar-refractivity contribution in [3.8, 4) is 67.3 Å². The molecule has 72 heavy (non-hydrogen) atoms. The molecular formula is C68H44N4. The van der Waals surface area contributed by atoms with E-state index in [2.05, 4.69) is 243 Å². The molecule has 3 aromatic heterocycles. The van der Waals surface area contributed by atoms with Crippen molar-refractivity contribution in [3.05, 3.63) is 312 Å². The number of nitrogens with zero attached hydrogens (tertiary/aromatic N) is 4. The molecular weight excluding hydrogens is 873 g/mol. The molecule has 12 aromatic rings. The van der Waals surface area contributed by atoms with Crippen molar-refractivity contribution < 1.29 is 0 Å². The SMILES string of the molecule is c1ccc(C2(c3ccccc3)c3cc(-c4ccccn4)ccc3-c3ccc(-c4nc5ccccc5nc4-c4ccc5c(c4)C(c4ccccc4)(c4ccccc4)c4cc(-c6ccccn6)ccc4-5)cc32)cc1. The second kappa shape index (κ2) is 16.6. The van der Waals surface area contributed by atoms with Crippen LogP contribution in [0.25, 0.3) is 78.3 Å². The molecule has 0 aliphatic heterocycles. The first-order valence-corrected chi connectivity index (χ1v) is 24.6. The van der Waals surface area contributed by atoms with E-state index in [-0.39, 0.29) is 0 Å². The summed E-state index contributed by atoms with van der Waals surface area (Å²) < 4.78 is 0. The van der Waals surface area contributed by atoms with Gasteiger partial charge >= 0.3 is 0 Å². The molecule has 4 nitrogen and oxygen atoms in total. The standard InChI is InChI=1S/C68H44N4/c1-5-19-49(20-6-1)67(50-21-7-2-8-22-50)57-41-45(61-27-15-17-39-69-61)31-35-53(57)55-37-33-47(43-59(55)67)65-66(72-64-30-14-13-29-63(64)71-65)48-34-38-56-54-36-32-46(62-28-16-18-40-70-62)42-58(54)68(60(56)44-48,51-23-9-3-10-24-51)52-25-11-4-12-26-52/h1-44H. The largest absolute Gasteiger partial charge is 0.256 e. The second-order valence-electron chi connectivity index (χ2n) is 18.8. The molecule has 2 aliphatic rings. The van der Waals surface area contributed by atoms with Gasteiger partial charge in [0, 0.05) is 34.6 Å². The molecule has 0 spiro atoms. The maximum atomic E-state index is 5.60. The van der Waals surface area contributed by atoms with Gasteiger partial charge in [-0.05, 0) is 127 Å². The van der Waals surface area contributed by atoms with Gasteiger partial charge in [-0.2, -0.15) is 0 Å². The molecule has 2 aliphatic carbocycles. The van der Waals surface area contributed by atoms with E-state index in [0.29, 0.717) is 0 Å². The smallest absolute Gasteiger partial charge is 0.0973 e. The zero-order chi connectivity index (χ0) is 47.6. The first-order valence-electron chi connectivity index (χ1n) is 24.6. The quantitative estimate of drug-likeness (QED) is 0.152. The van der Waals surface area contributed by atoms with Gasteiger partial charge in [0.2, 0.25) is 0 Å². The van der Waals surface area contributed by atoms with Crippen LogP contribution in [0.4, 0.5) is 0 Å². The second-order valence-corrected chi connectivity index (χ2v) is 18.8. The maximum absolute atomic E-state index is 5.60. The Balaban J connectivity index is 1.02. The molecule has 0 radical (unpaired) electrons. The van der Waals surface area contributed by atoms with Crippen molar-refractivity contribution in [1.29, 1.82) is 0 Å². The Morgan fingerprint density at radius 3 is 0.861 bits per heavy atom. The highest BCUT2D eigenvalue weighted by atomic mass is 14.8. The number of rotatable bonds is 8. The average Bonchev–Trinajstić information content (AvgIpc) is 3.93. The summed E-state index contributed by atoms with van der Waals surface area (Å²) in [5.41, 5.74) is 22.5. The number of hydrogen-bond acceptors (Lipinski definition) is 4. The maximum Gasteiger partial charge on any atom is 0.0973 e. The molecule has 0 unspecified atom stereocenters. The van der Waals surface area contributed by atoms with E-state index < -0.39 is 10.8 Å². The van der Waals surface area contributed by atoms with Gasteiger partial charge in [-0.3, -0.25) is 9.97 Å². The van der Waals surface area contributed by atoms with Crippen LogP contribution in [0, 0.1) is 0 Å². The summed E-state index contributed by atoms with van der Waals surface area (Å²) >= 11 is 0. The van der Waals surface area contributed by atoms with Crippen molar-refractivity contribution in [2.45, 2.75) is 10.8 Å². The summed E-state index contributed by atoms with van der Waals surface area (Å²) in [7, 11) is 0. The van der Waals surface area contributed by atoms with E-state index in [1.165, 1.54) is 66.8 Å². The molecule has 336 valence electrons. The highest BCUT2D eigenvalue weighted by molar-refractivity contribution is 5.95. The van der Waals surface area contributed by atoms with E-state index in [4.69, 9.17) is 19.9 Å². The first-order chi connectivity index (χ1) is 35.7. The van der Waals surface area contributed by atoms with E-state index >= 15 is 0 Å². The third kappa shape index (κ3) is 6.25. The molecule has 0 saturated carbocycles. The third-order valence-corrected chi connectivity index (χ3v) is 15.1. The predicted molar refractivity (Wildman–Crippen MR) is 291 cm³/mol. The number of hydrogen-bond donors (Lipinski definition) is 0. The van der Waals surface area contributed by atoms with E-state index in [1.54, 1.807) is 0 Å². The zero-order valence-corrected chi connectivity index (χ0v) is 39.2. The van der Waals surface area contributed by atoms with Crippen LogP contribution in [0.5, 0.6) is 0 Å². The van der Waals surface area contributed by atoms with Gasteiger partial charge in [0.25, 0.3) is 0 Å². The van der Waals surface area contributed by atoms with Gasteiger partial charge < -0.3 is 0 Å². The normalized spacial score (nSPS) is 13.5. The van der Waals surface area contributed by atoms with E-state index in [0.717, 1.165) is 56.1 Å². The minimum absolute atomic E-state index is 0.656. The molecule has 0 fully saturated rings. The van der Waals surface area contributed by atoms with Gasteiger partial charge in [0.15, 0.2) is 0 Å². The highest BCUT2D eigenvalue weighted by Gasteiger charge is 2.48. The first kappa shape index (κ1) is 41.6. The monoisotopic (exact) mass is 916 g/mol. The third-order valence-electron chi connectivity index (χ3n) is 15.1. The molecule has 14 rings (SSSR count). The van der Waals surface area contributed by atoms with Gasteiger partial charge in [0.1, 0.15) is 0 Å². The summed E-state index contributed by atoms with van der Waals surface area (Å²) in [6.07, 6.45) is 3.74. The predicted octanol–water partition coefficient (Wildman–Crippen LogP) is 15.8. The Labute approximate surface area is 418 Å². The number of fused-ring (bicyclic) bond motifs is 7. The molecule has 0 amide bonds. The fourth-order valence-electron chi connectivity index (χ4n) is 12.1. The molecule has 0 N–H and O–H groups in total. The van der Waals surface area contributed by atoms with Gasteiger partial charge in [0.05, 0.1) is 44.6 Å². The van der Waals surface area contributed by atoms with Crippen LogP contribution < -0.4 is 0 Å². The number of para-hydroxylation sites is 2. The molecule has 3 heterocycles. The fourth-order valence-corrected chi connectivity index (χ4v) is 12.1. The van der Waals surface area contributed by atoms with Crippen LogP contribution in [0.2, 0.25) is 0 Å². The lowest BCUT2D eigenvalue weighted by Gasteiger charge is -2.34. The van der Waals surface area contributed by atoms with Crippen LogP contribution in [0.1, 0.15) is 44.5 Å². The number of benzene rings is 9. The Hall–Kier alpha value is -9.38. The van der Waals surface area contributed by atoms with Gasteiger partial charge in [-0.15, -0.1) is 0 Å². The summed E-state index contributed by atoms with van der Waals surface area (Å²) in [6.45, 7) is 0. The van der Waals surface area contributed by atoms with Crippen LogP contribution in [-0.2, 0) is 10.8 Å². The molecule has 0 saturated heterocycles. The molecule has 0 atom stereocenters. The van der Waals surface area contributed by atoms with E-state index in [1.807, 2.05) is 24.5 Å². The number of pyridine rings is 2. The minimum Gasteiger partial charge on any atom is -0.256 e. The Bertz CT molecular complexity index is 3670. The van der Waals surface area contributed by atoms with Gasteiger partial charge in [-0.1, -0.05) is 194 Å².